The molecule has 2 aromatic carbocycles. The second-order valence-electron chi connectivity index (χ2n) is 4.66. The molecule has 2 aromatic rings. The number of carbonyl (C=O) groups excluding carboxylic acids is 1. The monoisotopic (exact) mass is 347 g/mol. The third kappa shape index (κ3) is 3.03. The molecule has 21 heavy (non-hydrogen) atoms. The van der Waals surface area contributed by atoms with Crippen molar-refractivity contribution >= 4 is 21.8 Å². The van der Waals surface area contributed by atoms with E-state index in [4.69, 9.17) is 9.47 Å². The number of nitrogens with one attached hydrogen (secondary N) is 1. The number of ether oxygens (including phenoxy) is 2. The molecule has 0 unspecified atom stereocenters. The lowest BCUT2D eigenvalue weighted by molar-refractivity contribution is 0.0950. The highest BCUT2D eigenvalue weighted by molar-refractivity contribution is 9.08. The zero-order valence-corrected chi connectivity index (χ0v) is 12.9. The topological polar surface area (TPSA) is 47.6 Å². The third-order valence-electron chi connectivity index (χ3n) is 3.29. The summed E-state index contributed by atoms with van der Waals surface area (Å²) in [5.41, 5.74) is 2.69. The maximum Gasteiger partial charge on any atom is 0.251 e. The first kappa shape index (κ1) is 13.9. The standard InChI is InChI=1S/C16H14BrNO3/c17-8-11-4-6-12(7-5-11)16(19)18-9-13-2-1-3-14-15(13)21-10-20-14/h1-7H,8-10H2,(H,18,19). The number of hydrogen-bond donors (Lipinski definition) is 1. The molecule has 0 aliphatic carbocycles. The number of halogens is 1. The Morgan fingerprint density at radius 3 is 2.71 bits per heavy atom. The molecular formula is C16H14BrNO3. The van der Waals surface area contributed by atoms with Crippen molar-refractivity contribution in [1.29, 1.82) is 0 Å². The quantitative estimate of drug-likeness (QED) is 0.863. The highest BCUT2D eigenvalue weighted by atomic mass is 79.9. The van der Waals surface area contributed by atoms with Gasteiger partial charge in [0.25, 0.3) is 5.91 Å². The van der Waals surface area contributed by atoms with Gasteiger partial charge in [-0.2, -0.15) is 0 Å². The van der Waals surface area contributed by atoms with Crippen molar-refractivity contribution in [3.8, 4) is 11.5 Å². The van der Waals surface area contributed by atoms with Crippen LogP contribution in [0.5, 0.6) is 11.5 Å². The number of hydrogen-bond acceptors (Lipinski definition) is 3. The molecule has 0 radical (unpaired) electrons. The van der Waals surface area contributed by atoms with Gasteiger partial charge in [-0.15, -0.1) is 0 Å². The van der Waals surface area contributed by atoms with Crippen molar-refractivity contribution < 1.29 is 14.3 Å². The van der Waals surface area contributed by atoms with Gasteiger partial charge in [0.15, 0.2) is 11.5 Å². The van der Waals surface area contributed by atoms with Crippen LogP contribution in [0, 0.1) is 0 Å². The van der Waals surface area contributed by atoms with E-state index in [-0.39, 0.29) is 12.7 Å². The van der Waals surface area contributed by atoms with Crippen LogP contribution in [0.25, 0.3) is 0 Å². The van der Waals surface area contributed by atoms with Gasteiger partial charge in [-0.1, -0.05) is 40.2 Å². The minimum atomic E-state index is -0.104. The van der Waals surface area contributed by atoms with E-state index < -0.39 is 0 Å². The Kier molecular flexibility index (Phi) is 4.10. The number of amides is 1. The van der Waals surface area contributed by atoms with E-state index in [0.717, 1.165) is 22.2 Å². The second-order valence-corrected chi connectivity index (χ2v) is 5.22. The average Bonchev–Trinajstić information content (AvgIpc) is 3.02. The summed E-state index contributed by atoms with van der Waals surface area (Å²) in [6.45, 7) is 0.639. The van der Waals surface area contributed by atoms with Gasteiger partial charge in [0, 0.05) is 23.0 Å². The molecule has 1 heterocycles. The SMILES string of the molecule is O=C(NCc1cccc2c1OCO2)c1ccc(CBr)cc1. The molecule has 0 bridgehead atoms. The highest BCUT2D eigenvalue weighted by Gasteiger charge is 2.17. The predicted octanol–water partition coefficient (Wildman–Crippen LogP) is 3.24. The van der Waals surface area contributed by atoms with Crippen molar-refractivity contribution in [3.05, 3.63) is 59.2 Å². The van der Waals surface area contributed by atoms with Gasteiger partial charge in [0.05, 0.1) is 0 Å². The molecule has 0 fully saturated rings. The highest BCUT2D eigenvalue weighted by Crippen LogP contribution is 2.35. The van der Waals surface area contributed by atoms with Crippen LogP contribution in [-0.4, -0.2) is 12.7 Å². The summed E-state index contributed by atoms with van der Waals surface area (Å²) in [5.74, 6) is 1.34. The molecule has 1 amide bonds. The molecule has 1 aliphatic rings. The van der Waals surface area contributed by atoms with Crippen molar-refractivity contribution in [2.45, 2.75) is 11.9 Å². The van der Waals surface area contributed by atoms with E-state index >= 15 is 0 Å². The number of benzene rings is 2. The largest absolute Gasteiger partial charge is 0.454 e. The number of para-hydroxylation sites is 1. The molecule has 1 aliphatic heterocycles. The molecule has 0 aromatic heterocycles. The first-order valence-electron chi connectivity index (χ1n) is 6.58. The fourth-order valence-corrected chi connectivity index (χ4v) is 2.53. The Bertz CT molecular complexity index is 655. The van der Waals surface area contributed by atoms with Gasteiger partial charge < -0.3 is 14.8 Å². The minimum Gasteiger partial charge on any atom is -0.454 e. The van der Waals surface area contributed by atoms with Gasteiger partial charge in [-0.25, -0.2) is 0 Å². The molecule has 0 saturated heterocycles. The van der Waals surface area contributed by atoms with Crippen LogP contribution in [0.1, 0.15) is 21.5 Å². The Labute approximate surface area is 131 Å². The maximum atomic E-state index is 12.1. The van der Waals surface area contributed by atoms with E-state index in [1.165, 1.54) is 0 Å². The van der Waals surface area contributed by atoms with Crippen LogP contribution in [-0.2, 0) is 11.9 Å². The lowest BCUT2D eigenvalue weighted by Crippen LogP contribution is -2.22. The Morgan fingerprint density at radius 2 is 1.95 bits per heavy atom. The summed E-state index contributed by atoms with van der Waals surface area (Å²) in [6, 6.07) is 13.2. The van der Waals surface area contributed by atoms with Gasteiger partial charge in [-0.05, 0) is 23.8 Å². The summed E-state index contributed by atoms with van der Waals surface area (Å²) < 4.78 is 10.7. The van der Waals surface area contributed by atoms with Crippen molar-refractivity contribution in [2.24, 2.45) is 0 Å². The summed E-state index contributed by atoms with van der Waals surface area (Å²) >= 11 is 3.38. The Morgan fingerprint density at radius 1 is 1.14 bits per heavy atom. The molecule has 1 N–H and O–H groups in total. The summed E-state index contributed by atoms with van der Waals surface area (Å²) in [4.78, 5) is 12.1. The van der Waals surface area contributed by atoms with Crippen molar-refractivity contribution in [1.82, 2.24) is 5.32 Å². The molecule has 108 valence electrons. The van der Waals surface area contributed by atoms with Crippen LogP contribution in [0.4, 0.5) is 0 Å². The van der Waals surface area contributed by atoms with Crippen LogP contribution < -0.4 is 14.8 Å². The summed E-state index contributed by atoms with van der Waals surface area (Å²) in [7, 11) is 0. The first-order valence-corrected chi connectivity index (χ1v) is 7.70. The zero-order chi connectivity index (χ0) is 14.7. The molecule has 0 atom stereocenters. The summed E-state index contributed by atoms with van der Waals surface area (Å²) in [6.07, 6.45) is 0. The lowest BCUT2D eigenvalue weighted by atomic mass is 10.1. The summed E-state index contributed by atoms with van der Waals surface area (Å²) in [5, 5.41) is 3.68. The van der Waals surface area contributed by atoms with E-state index in [1.54, 1.807) is 0 Å². The molecule has 5 heteroatoms. The predicted molar refractivity (Wildman–Crippen MR) is 82.8 cm³/mol. The van der Waals surface area contributed by atoms with Crippen molar-refractivity contribution in [2.75, 3.05) is 6.79 Å². The fourth-order valence-electron chi connectivity index (χ4n) is 2.15. The molecule has 0 saturated carbocycles. The van der Waals surface area contributed by atoms with Crippen LogP contribution in [0.2, 0.25) is 0 Å². The Balaban J connectivity index is 1.67. The van der Waals surface area contributed by atoms with Gasteiger partial charge >= 0.3 is 0 Å². The molecular weight excluding hydrogens is 334 g/mol. The fraction of sp³-hybridized carbons (Fsp3) is 0.188. The second kappa shape index (κ2) is 6.18. The van der Waals surface area contributed by atoms with E-state index in [9.17, 15) is 4.79 Å². The number of fused-ring (bicyclic) bond motifs is 1. The normalized spacial score (nSPS) is 12.2. The van der Waals surface area contributed by atoms with Crippen LogP contribution in [0.3, 0.4) is 0 Å². The lowest BCUT2D eigenvalue weighted by Gasteiger charge is -2.08. The first-order chi connectivity index (χ1) is 10.3. The van der Waals surface area contributed by atoms with Crippen LogP contribution in [0.15, 0.2) is 42.5 Å². The van der Waals surface area contributed by atoms with Gasteiger partial charge in [-0.3, -0.25) is 4.79 Å². The van der Waals surface area contributed by atoms with E-state index in [2.05, 4.69) is 21.2 Å². The number of carbonyl (C=O) groups is 1. The Hall–Kier alpha value is -2.01. The van der Waals surface area contributed by atoms with E-state index in [1.807, 2.05) is 42.5 Å². The smallest absolute Gasteiger partial charge is 0.251 e. The molecule has 4 nitrogen and oxygen atoms in total. The van der Waals surface area contributed by atoms with Crippen LogP contribution >= 0.6 is 15.9 Å². The molecule has 3 rings (SSSR count). The average molecular weight is 348 g/mol. The van der Waals surface area contributed by atoms with Gasteiger partial charge in [0.2, 0.25) is 6.79 Å². The van der Waals surface area contributed by atoms with Gasteiger partial charge in [0.1, 0.15) is 0 Å². The number of rotatable bonds is 4. The molecule has 0 spiro atoms. The number of alkyl halides is 1. The van der Waals surface area contributed by atoms with Crippen molar-refractivity contribution in [3.63, 3.8) is 0 Å². The maximum absolute atomic E-state index is 12.1. The zero-order valence-electron chi connectivity index (χ0n) is 11.3. The third-order valence-corrected chi connectivity index (χ3v) is 3.94. The minimum absolute atomic E-state index is 0.104. The van der Waals surface area contributed by atoms with E-state index in [0.29, 0.717) is 17.9 Å².